The van der Waals surface area contributed by atoms with Gasteiger partial charge in [0.2, 0.25) is 0 Å². The van der Waals surface area contributed by atoms with Crippen molar-refractivity contribution >= 4 is 11.6 Å². The van der Waals surface area contributed by atoms with Gasteiger partial charge in [0, 0.05) is 35.9 Å². The van der Waals surface area contributed by atoms with Crippen LogP contribution in [-0.2, 0) is 12.8 Å². The fourth-order valence-electron chi connectivity index (χ4n) is 4.05. The second-order valence-corrected chi connectivity index (χ2v) is 8.21. The topological polar surface area (TPSA) is 16.1 Å². The van der Waals surface area contributed by atoms with Crippen LogP contribution in [0.25, 0.3) is 0 Å². The third-order valence-electron chi connectivity index (χ3n) is 5.65. The average Bonchev–Trinajstić information content (AvgIpc) is 2.75. The fourth-order valence-corrected chi connectivity index (χ4v) is 4.18. The summed E-state index contributed by atoms with van der Waals surface area (Å²) in [5.41, 5.74) is 5.19. The molecule has 0 radical (unpaired) electrons. The lowest BCUT2D eigenvalue weighted by molar-refractivity contribution is 0.208. The highest BCUT2D eigenvalue weighted by Crippen LogP contribution is 2.26. The lowest BCUT2D eigenvalue weighted by Gasteiger charge is -2.32. The molecule has 3 aromatic rings. The summed E-state index contributed by atoms with van der Waals surface area (Å²) >= 11 is 5.97. The molecular formula is C25H27ClN2. The van der Waals surface area contributed by atoms with Gasteiger partial charge in [-0.2, -0.15) is 0 Å². The zero-order valence-electron chi connectivity index (χ0n) is 16.2. The molecular weight excluding hydrogens is 364 g/mol. The Balaban J connectivity index is 1.33. The van der Waals surface area contributed by atoms with E-state index in [1.807, 2.05) is 18.3 Å². The van der Waals surface area contributed by atoms with Gasteiger partial charge in [-0.15, -0.1) is 0 Å². The maximum absolute atomic E-state index is 5.97. The summed E-state index contributed by atoms with van der Waals surface area (Å²) in [6.07, 6.45) is 6.57. The molecule has 1 aliphatic heterocycles. The van der Waals surface area contributed by atoms with Crippen LogP contribution in [0.5, 0.6) is 0 Å². The Kier molecular flexibility index (Phi) is 6.41. The zero-order valence-corrected chi connectivity index (χ0v) is 17.0. The molecule has 1 aliphatic rings. The highest BCUT2D eigenvalue weighted by atomic mass is 35.5. The van der Waals surface area contributed by atoms with Gasteiger partial charge >= 0.3 is 0 Å². The minimum Gasteiger partial charge on any atom is -0.302 e. The van der Waals surface area contributed by atoms with Crippen molar-refractivity contribution in [3.05, 3.63) is 100 Å². The Labute approximate surface area is 173 Å². The second kappa shape index (κ2) is 9.36. The van der Waals surface area contributed by atoms with E-state index in [0.29, 0.717) is 5.92 Å². The minimum atomic E-state index is 0.550. The van der Waals surface area contributed by atoms with Crippen molar-refractivity contribution < 1.29 is 0 Å². The summed E-state index contributed by atoms with van der Waals surface area (Å²) in [4.78, 5) is 7.42. The highest BCUT2D eigenvalue weighted by Gasteiger charge is 2.22. The molecule has 0 N–H and O–H groups in total. The van der Waals surface area contributed by atoms with Crippen LogP contribution < -0.4 is 0 Å². The number of halogens is 1. The predicted octanol–water partition coefficient (Wildman–Crippen LogP) is 5.75. The molecule has 4 rings (SSSR count). The number of pyridine rings is 1. The molecule has 0 spiro atoms. The van der Waals surface area contributed by atoms with Gasteiger partial charge in [-0.1, -0.05) is 60.1 Å². The van der Waals surface area contributed by atoms with E-state index in [9.17, 15) is 0 Å². The minimum absolute atomic E-state index is 0.550. The molecule has 3 heteroatoms. The van der Waals surface area contributed by atoms with Crippen molar-refractivity contribution in [1.82, 2.24) is 9.88 Å². The Hall–Kier alpha value is -2.16. The van der Waals surface area contributed by atoms with Gasteiger partial charge in [0.1, 0.15) is 0 Å². The van der Waals surface area contributed by atoms with Crippen LogP contribution in [0.2, 0.25) is 5.02 Å². The molecule has 0 saturated carbocycles. The zero-order chi connectivity index (χ0) is 19.2. The second-order valence-electron chi connectivity index (χ2n) is 7.77. The molecule has 0 unspecified atom stereocenters. The van der Waals surface area contributed by atoms with E-state index in [1.54, 1.807) is 0 Å². The molecule has 0 amide bonds. The van der Waals surface area contributed by atoms with E-state index in [1.165, 1.54) is 41.8 Å². The summed E-state index contributed by atoms with van der Waals surface area (Å²) in [7, 11) is 0. The standard InChI is InChI=1S/C25H27ClN2/c26-24-11-8-21(9-12-24)17-22-10-13-25(27-18-22)23-7-4-15-28(19-23)16-14-20-5-2-1-3-6-20/h1-3,5-6,8-13,18,23H,4,7,14-17,19H2/t23-/m0/s1. The van der Waals surface area contributed by atoms with Crippen LogP contribution in [0.4, 0.5) is 0 Å². The Bertz CT molecular complexity index is 859. The normalized spacial score (nSPS) is 17.5. The number of piperidine rings is 1. The number of hydrogen-bond donors (Lipinski definition) is 0. The monoisotopic (exact) mass is 390 g/mol. The lowest BCUT2D eigenvalue weighted by atomic mass is 9.93. The van der Waals surface area contributed by atoms with Crippen LogP contribution in [0, 0.1) is 0 Å². The molecule has 2 nitrogen and oxygen atoms in total. The van der Waals surface area contributed by atoms with Crippen molar-refractivity contribution in [3.8, 4) is 0 Å². The third-order valence-corrected chi connectivity index (χ3v) is 5.90. The van der Waals surface area contributed by atoms with Crippen molar-refractivity contribution in [2.45, 2.75) is 31.6 Å². The lowest BCUT2D eigenvalue weighted by Crippen LogP contribution is -2.36. The van der Waals surface area contributed by atoms with Gasteiger partial charge in [0.15, 0.2) is 0 Å². The number of likely N-dealkylation sites (tertiary alicyclic amines) is 1. The van der Waals surface area contributed by atoms with Gasteiger partial charge in [-0.25, -0.2) is 0 Å². The first kappa shape index (κ1) is 19.2. The summed E-state index contributed by atoms with van der Waals surface area (Å²) in [6.45, 7) is 3.46. The van der Waals surface area contributed by atoms with Crippen LogP contribution in [0.3, 0.4) is 0 Å². The summed E-state index contributed by atoms with van der Waals surface area (Å²) in [5.74, 6) is 0.550. The molecule has 1 fully saturated rings. The number of benzene rings is 2. The van der Waals surface area contributed by atoms with E-state index in [2.05, 4.69) is 59.5 Å². The van der Waals surface area contributed by atoms with Crippen molar-refractivity contribution in [1.29, 1.82) is 0 Å². The van der Waals surface area contributed by atoms with E-state index < -0.39 is 0 Å². The van der Waals surface area contributed by atoms with E-state index >= 15 is 0 Å². The van der Waals surface area contributed by atoms with Crippen LogP contribution in [0.15, 0.2) is 72.9 Å². The summed E-state index contributed by atoms with van der Waals surface area (Å²) in [5, 5.41) is 0.784. The number of rotatable bonds is 6. The molecule has 1 saturated heterocycles. The first-order chi connectivity index (χ1) is 13.8. The predicted molar refractivity (Wildman–Crippen MR) is 117 cm³/mol. The molecule has 144 valence electrons. The van der Waals surface area contributed by atoms with E-state index in [4.69, 9.17) is 16.6 Å². The van der Waals surface area contributed by atoms with Gasteiger partial charge in [-0.05, 0) is 67.1 Å². The van der Waals surface area contributed by atoms with Crippen LogP contribution in [-0.4, -0.2) is 29.5 Å². The van der Waals surface area contributed by atoms with Crippen molar-refractivity contribution in [3.63, 3.8) is 0 Å². The van der Waals surface area contributed by atoms with Crippen LogP contribution in [0.1, 0.15) is 41.1 Å². The van der Waals surface area contributed by atoms with Gasteiger partial charge in [0.25, 0.3) is 0 Å². The number of aromatic nitrogens is 1. The maximum Gasteiger partial charge on any atom is 0.0447 e. The summed E-state index contributed by atoms with van der Waals surface area (Å²) < 4.78 is 0. The van der Waals surface area contributed by atoms with E-state index in [0.717, 1.165) is 31.0 Å². The quantitative estimate of drug-likeness (QED) is 0.532. The Morgan fingerprint density at radius 2 is 1.68 bits per heavy atom. The Morgan fingerprint density at radius 1 is 0.893 bits per heavy atom. The molecule has 0 bridgehead atoms. The first-order valence-electron chi connectivity index (χ1n) is 10.2. The summed E-state index contributed by atoms with van der Waals surface area (Å²) in [6, 6.07) is 23.3. The van der Waals surface area contributed by atoms with Gasteiger partial charge < -0.3 is 4.90 Å². The maximum atomic E-state index is 5.97. The van der Waals surface area contributed by atoms with Crippen molar-refractivity contribution in [2.24, 2.45) is 0 Å². The van der Waals surface area contributed by atoms with E-state index in [-0.39, 0.29) is 0 Å². The molecule has 2 aromatic carbocycles. The van der Waals surface area contributed by atoms with Gasteiger partial charge in [-0.3, -0.25) is 4.98 Å². The molecule has 1 atom stereocenters. The number of nitrogens with zero attached hydrogens (tertiary/aromatic N) is 2. The smallest absolute Gasteiger partial charge is 0.0447 e. The van der Waals surface area contributed by atoms with Crippen LogP contribution >= 0.6 is 11.6 Å². The average molecular weight is 391 g/mol. The third kappa shape index (κ3) is 5.21. The van der Waals surface area contributed by atoms with Gasteiger partial charge in [0.05, 0.1) is 0 Å². The molecule has 0 aliphatic carbocycles. The largest absolute Gasteiger partial charge is 0.302 e. The Morgan fingerprint density at radius 3 is 2.43 bits per heavy atom. The number of hydrogen-bond acceptors (Lipinski definition) is 2. The SMILES string of the molecule is Clc1ccc(Cc2ccc([C@H]3CCCN(CCc4ccccc4)C3)nc2)cc1. The first-order valence-corrected chi connectivity index (χ1v) is 10.6. The van der Waals surface area contributed by atoms with Crippen molar-refractivity contribution in [2.75, 3.05) is 19.6 Å². The molecule has 1 aromatic heterocycles. The highest BCUT2D eigenvalue weighted by molar-refractivity contribution is 6.30. The fraction of sp³-hybridized carbons (Fsp3) is 0.320. The molecule has 28 heavy (non-hydrogen) atoms. The molecule has 2 heterocycles.